The minimum absolute atomic E-state index is 0.323. The third-order valence-electron chi connectivity index (χ3n) is 3.12. The molecule has 17 heavy (non-hydrogen) atoms. The second kappa shape index (κ2) is 4.30. The Hall–Kier alpha value is -1.68. The highest BCUT2D eigenvalue weighted by Crippen LogP contribution is 2.23. The summed E-state index contributed by atoms with van der Waals surface area (Å²) in [4.78, 5) is 12.4. The fourth-order valence-corrected chi connectivity index (χ4v) is 2.28. The van der Waals surface area contributed by atoms with E-state index in [1.165, 1.54) is 6.42 Å². The summed E-state index contributed by atoms with van der Waals surface area (Å²) in [6, 6.07) is 6.36. The SMILES string of the molecule is Cc1cc(-c2ccc[nH]2)nc(C2CCCN2)n1. The van der Waals surface area contributed by atoms with Crippen molar-refractivity contribution in [1.29, 1.82) is 0 Å². The lowest BCUT2D eigenvalue weighted by Gasteiger charge is -2.10. The summed E-state index contributed by atoms with van der Waals surface area (Å²) in [7, 11) is 0. The molecule has 4 heteroatoms. The van der Waals surface area contributed by atoms with Crippen LogP contribution < -0.4 is 5.32 Å². The van der Waals surface area contributed by atoms with Gasteiger partial charge in [-0.15, -0.1) is 0 Å². The molecule has 2 N–H and O–H groups in total. The number of hydrogen-bond donors (Lipinski definition) is 2. The van der Waals surface area contributed by atoms with Gasteiger partial charge in [0, 0.05) is 11.9 Å². The Bertz CT molecular complexity index is 498. The molecule has 3 heterocycles. The lowest BCUT2D eigenvalue weighted by atomic mass is 10.2. The van der Waals surface area contributed by atoms with Gasteiger partial charge in [0.1, 0.15) is 5.82 Å². The minimum Gasteiger partial charge on any atom is -0.360 e. The average Bonchev–Trinajstić information content (AvgIpc) is 3.02. The molecule has 0 saturated carbocycles. The molecule has 1 aliphatic rings. The van der Waals surface area contributed by atoms with E-state index < -0.39 is 0 Å². The molecule has 1 saturated heterocycles. The molecule has 0 radical (unpaired) electrons. The molecule has 0 aliphatic carbocycles. The molecule has 1 unspecified atom stereocenters. The number of nitrogens with one attached hydrogen (secondary N) is 2. The van der Waals surface area contributed by atoms with Crippen molar-refractivity contribution in [2.45, 2.75) is 25.8 Å². The molecule has 3 rings (SSSR count). The Morgan fingerprint density at radius 1 is 1.35 bits per heavy atom. The van der Waals surface area contributed by atoms with Crippen LogP contribution in [0.3, 0.4) is 0 Å². The summed E-state index contributed by atoms with van der Waals surface area (Å²) in [5.41, 5.74) is 3.05. The van der Waals surface area contributed by atoms with Gasteiger partial charge in [0.05, 0.1) is 17.4 Å². The maximum Gasteiger partial charge on any atom is 0.146 e. The molecule has 2 aromatic heterocycles. The Labute approximate surface area is 101 Å². The van der Waals surface area contributed by atoms with E-state index >= 15 is 0 Å². The highest BCUT2D eigenvalue weighted by molar-refractivity contribution is 5.54. The van der Waals surface area contributed by atoms with Crippen LogP contribution in [0.15, 0.2) is 24.4 Å². The quantitative estimate of drug-likeness (QED) is 0.828. The minimum atomic E-state index is 0.323. The van der Waals surface area contributed by atoms with Crippen LogP contribution in [0.1, 0.15) is 30.4 Å². The van der Waals surface area contributed by atoms with Crippen LogP contribution in [0.2, 0.25) is 0 Å². The predicted octanol–water partition coefficient (Wildman–Crippen LogP) is 2.20. The first-order valence-electron chi connectivity index (χ1n) is 6.05. The van der Waals surface area contributed by atoms with Crippen LogP contribution in [0, 0.1) is 6.92 Å². The van der Waals surface area contributed by atoms with E-state index in [-0.39, 0.29) is 0 Å². The Morgan fingerprint density at radius 2 is 2.29 bits per heavy atom. The highest BCUT2D eigenvalue weighted by Gasteiger charge is 2.19. The summed E-state index contributed by atoms with van der Waals surface area (Å²) < 4.78 is 0. The van der Waals surface area contributed by atoms with Crippen molar-refractivity contribution in [3.8, 4) is 11.4 Å². The maximum absolute atomic E-state index is 4.65. The zero-order valence-corrected chi connectivity index (χ0v) is 9.90. The van der Waals surface area contributed by atoms with Gasteiger partial charge in [-0.25, -0.2) is 9.97 Å². The largest absolute Gasteiger partial charge is 0.360 e. The van der Waals surface area contributed by atoms with Crippen molar-refractivity contribution in [3.05, 3.63) is 35.9 Å². The monoisotopic (exact) mass is 228 g/mol. The molecule has 0 spiro atoms. The van der Waals surface area contributed by atoms with E-state index in [0.29, 0.717) is 6.04 Å². The fourth-order valence-electron chi connectivity index (χ4n) is 2.28. The number of nitrogens with zero attached hydrogens (tertiary/aromatic N) is 2. The second-order valence-electron chi connectivity index (χ2n) is 4.49. The van der Waals surface area contributed by atoms with Crippen LogP contribution in [0.4, 0.5) is 0 Å². The van der Waals surface area contributed by atoms with Crippen LogP contribution in [-0.4, -0.2) is 21.5 Å². The van der Waals surface area contributed by atoms with E-state index in [0.717, 1.165) is 35.9 Å². The van der Waals surface area contributed by atoms with Crippen LogP contribution in [0.25, 0.3) is 11.4 Å². The number of rotatable bonds is 2. The number of aromatic amines is 1. The molecular formula is C13H16N4. The first kappa shape index (κ1) is 10.5. The van der Waals surface area contributed by atoms with Gasteiger partial charge in [0.15, 0.2) is 0 Å². The third-order valence-corrected chi connectivity index (χ3v) is 3.12. The predicted molar refractivity (Wildman–Crippen MR) is 66.5 cm³/mol. The Balaban J connectivity index is 2.00. The van der Waals surface area contributed by atoms with Crippen molar-refractivity contribution in [1.82, 2.24) is 20.3 Å². The zero-order chi connectivity index (χ0) is 11.7. The molecule has 1 fully saturated rings. The maximum atomic E-state index is 4.65. The summed E-state index contributed by atoms with van der Waals surface area (Å²) in [6.45, 7) is 3.09. The summed E-state index contributed by atoms with van der Waals surface area (Å²) in [5, 5.41) is 3.44. The fraction of sp³-hybridized carbons (Fsp3) is 0.385. The average molecular weight is 228 g/mol. The molecule has 88 valence electrons. The van der Waals surface area contributed by atoms with Crippen molar-refractivity contribution in [3.63, 3.8) is 0 Å². The van der Waals surface area contributed by atoms with Crippen LogP contribution >= 0.6 is 0 Å². The summed E-state index contributed by atoms with van der Waals surface area (Å²) in [6.07, 6.45) is 4.26. The lowest BCUT2D eigenvalue weighted by molar-refractivity contribution is 0.603. The lowest BCUT2D eigenvalue weighted by Crippen LogP contribution is -2.16. The number of aromatic nitrogens is 3. The van der Waals surface area contributed by atoms with Gasteiger partial charge in [-0.3, -0.25) is 0 Å². The molecule has 0 amide bonds. The van der Waals surface area contributed by atoms with Gasteiger partial charge in [0.2, 0.25) is 0 Å². The number of H-pyrrole nitrogens is 1. The molecule has 0 aromatic carbocycles. The topological polar surface area (TPSA) is 53.6 Å². The van der Waals surface area contributed by atoms with E-state index in [4.69, 9.17) is 0 Å². The van der Waals surface area contributed by atoms with E-state index in [9.17, 15) is 0 Å². The molecule has 0 bridgehead atoms. The molecule has 1 atom stereocenters. The molecule has 4 nitrogen and oxygen atoms in total. The van der Waals surface area contributed by atoms with Gasteiger partial charge in [-0.1, -0.05) is 0 Å². The molecular weight excluding hydrogens is 212 g/mol. The first-order chi connectivity index (χ1) is 8.33. The van der Waals surface area contributed by atoms with Crippen molar-refractivity contribution in [2.75, 3.05) is 6.54 Å². The van der Waals surface area contributed by atoms with Crippen molar-refractivity contribution in [2.24, 2.45) is 0 Å². The van der Waals surface area contributed by atoms with Gasteiger partial charge in [0.25, 0.3) is 0 Å². The van der Waals surface area contributed by atoms with Crippen molar-refractivity contribution < 1.29 is 0 Å². The third kappa shape index (κ3) is 2.08. The Morgan fingerprint density at radius 3 is 3.00 bits per heavy atom. The molecule has 1 aliphatic heterocycles. The van der Waals surface area contributed by atoms with Gasteiger partial charge in [-0.2, -0.15) is 0 Å². The standard InChI is InChI=1S/C13H16N4/c1-9-8-12(10-4-2-6-14-10)17-13(16-9)11-5-3-7-15-11/h2,4,6,8,11,14-15H,3,5,7H2,1H3. The van der Waals surface area contributed by atoms with Gasteiger partial charge < -0.3 is 10.3 Å². The van der Waals surface area contributed by atoms with Crippen LogP contribution in [-0.2, 0) is 0 Å². The zero-order valence-electron chi connectivity index (χ0n) is 9.90. The van der Waals surface area contributed by atoms with Crippen molar-refractivity contribution >= 4 is 0 Å². The number of hydrogen-bond acceptors (Lipinski definition) is 3. The first-order valence-corrected chi connectivity index (χ1v) is 6.05. The van der Waals surface area contributed by atoms with Gasteiger partial charge in [-0.05, 0) is 44.5 Å². The smallest absolute Gasteiger partial charge is 0.146 e. The normalized spacial score (nSPS) is 19.7. The summed E-state index contributed by atoms with van der Waals surface area (Å²) in [5.74, 6) is 0.923. The van der Waals surface area contributed by atoms with E-state index in [2.05, 4.69) is 20.3 Å². The Kier molecular flexibility index (Phi) is 2.65. The highest BCUT2D eigenvalue weighted by atomic mass is 15.0. The van der Waals surface area contributed by atoms with E-state index in [1.807, 2.05) is 31.3 Å². The summed E-state index contributed by atoms with van der Waals surface area (Å²) >= 11 is 0. The van der Waals surface area contributed by atoms with Gasteiger partial charge >= 0.3 is 0 Å². The van der Waals surface area contributed by atoms with E-state index in [1.54, 1.807) is 0 Å². The molecule has 2 aromatic rings. The van der Waals surface area contributed by atoms with Crippen LogP contribution in [0.5, 0.6) is 0 Å². The number of aryl methyl sites for hydroxylation is 1. The second-order valence-corrected chi connectivity index (χ2v) is 4.49.